The first kappa shape index (κ1) is 20.2. The van der Waals surface area contributed by atoms with Gasteiger partial charge in [0.1, 0.15) is 12.4 Å². The third-order valence-corrected chi connectivity index (χ3v) is 4.86. The third-order valence-electron chi connectivity index (χ3n) is 3.70. The van der Waals surface area contributed by atoms with Crippen LogP contribution in [0.25, 0.3) is 0 Å². The number of aryl methyl sites for hydroxylation is 1. The summed E-state index contributed by atoms with van der Waals surface area (Å²) in [6, 6.07) is 11.6. The molecular formula is C18H21ClN2O4S. The van der Waals surface area contributed by atoms with Gasteiger partial charge in [-0.1, -0.05) is 30.7 Å². The molecule has 26 heavy (non-hydrogen) atoms. The number of ether oxygens (including phenoxy) is 1. The van der Waals surface area contributed by atoms with Crippen LogP contribution < -0.4 is 15.2 Å². The second kappa shape index (κ2) is 9.02. The summed E-state index contributed by atoms with van der Waals surface area (Å²) >= 11 is 5.81. The molecule has 0 aliphatic carbocycles. The standard InChI is InChI=1S/C18H21ClN2O4S/c1-2-14-12-16(26(20,23)24)7-8-17(14)25-10-9-21-18(22)11-13-3-5-15(19)6-4-13/h3-8,12H,2,9-11H2,1H3,(H,21,22)(H2,20,23,24). The van der Waals surface area contributed by atoms with E-state index in [0.29, 0.717) is 23.7 Å². The Labute approximate surface area is 158 Å². The fourth-order valence-corrected chi connectivity index (χ4v) is 3.04. The predicted molar refractivity (Wildman–Crippen MR) is 101 cm³/mol. The predicted octanol–water partition coefficient (Wildman–Crippen LogP) is 2.29. The first-order valence-corrected chi connectivity index (χ1v) is 10.0. The molecule has 0 radical (unpaired) electrons. The van der Waals surface area contributed by atoms with Crippen molar-refractivity contribution >= 4 is 27.5 Å². The average Bonchev–Trinajstić information content (AvgIpc) is 2.60. The molecule has 0 spiro atoms. The van der Waals surface area contributed by atoms with Gasteiger partial charge in [0.25, 0.3) is 0 Å². The van der Waals surface area contributed by atoms with Crippen LogP contribution >= 0.6 is 11.6 Å². The number of benzene rings is 2. The molecular weight excluding hydrogens is 376 g/mol. The number of carbonyl (C=O) groups is 1. The number of nitrogens with one attached hydrogen (secondary N) is 1. The van der Waals surface area contributed by atoms with Gasteiger partial charge in [0.05, 0.1) is 17.9 Å². The number of nitrogens with two attached hydrogens (primary N) is 1. The molecule has 0 aliphatic heterocycles. The number of rotatable bonds is 8. The molecule has 0 aliphatic rings. The van der Waals surface area contributed by atoms with Crippen molar-refractivity contribution < 1.29 is 17.9 Å². The van der Waals surface area contributed by atoms with E-state index in [2.05, 4.69) is 5.32 Å². The highest BCUT2D eigenvalue weighted by atomic mass is 35.5. The van der Waals surface area contributed by atoms with Crippen LogP contribution in [-0.2, 0) is 27.7 Å². The Hall–Kier alpha value is -2.09. The van der Waals surface area contributed by atoms with Crippen LogP contribution in [0.1, 0.15) is 18.1 Å². The molecule has 0 aromatic heterocycles. The molecule has 0 saturated heterocycles. The van der Waals surface area contributed by atoms with Crippen LogP contribution in [0.15, 0.2) is 47.4 Å². The van der Waals surface area contributed by atoms with Gasteiger partial charge in [0.15, 0.2) is 0 Å². The summed E-state index contributed by atoms with van der Waals surface area (Å²) < 4.78 is 28.4. The molecule has 2 aromatic rings. The molecule has 1 amide bonds. The van der Waals surface area contributed by atoms with Crippen LogP contribution in [0, 0.1) is 0 Å². The summed E-state index contributed by atoms with van der Waals surface area (Å²) in [5.74, 6) is 0.461. The van der Waals surface area contributed by atoms with Crippen molar-refractivity contribution in [2.24, 2.45) is 5.14 Å². The van der Waals surface area contributed by atoms with E-state index in [1.807, 2.05) is 6.92 Å². The van der Waals surface area contributed by atoms with Gasteiger partial charge in [0, 0.05) is 5.02 Å². The fraction of sp³-hybridized carbons (Fsp3) is 0.278. The second-order valence-corrected chi connectivity index (χ2v) is 7.67. The minimum absolute atomic E-state index is 0.0537. The Balaban J connectivity index is 1.84. The Morgan fingerprint density at radius 2 is 1.88 bits per heavy atom. The van der Waals surface area contributed by atoms with Gasteiger partial charge in [-0.15, -0.1) is 0 Å². The molecule has 6 nitrogen and oxygen atoms in total. The fourth-order valence-electron chi connectivity index (χ4n) is 2.35. The monoisotopic (exact) mass is 396 g/mol. The summed E-state index contributed by atoms with van der Waals surface area (Å²) in [7, 11) is -3.74. The van der Waals surface area contributed by atoms with Gasteiger partial charge in [-0.3, -0.25) is 4.79 Å². The maximum atomic E-state index is 11.9. The van der Waals surface area contributed by atoms with Crippen molar-refractivity contribution in [3.05, 3.63) is 58.6 Å². The van der Waals surface area contributed by atoms with Crippen LogP contribution in [0.4, 0.5) is 0 Å². The lowest BCUT2D eigenvalue weighted by molar-refractivity contribution is -0.120. The van der Waals surface area contributed by atoms with Gasteiger partial charge in [0.2, 0.25) is 15.9 Å². The topological polar surface area (TPSA) is 98.5 Å². The van der Waals surface area contributed by atoms with E-state index in [9.17, 15) is 13.2 Å². The number of carbonyl (C=O) groups excluding carboxylic acids is 1. The number of sulfonamides is 1. The number of amides is 1. The molecule has 0 atom stereocenters. The summed E-state index contributed by atoms with van der Waals surface area (Å²) in [5.41, 5.74) is 1.61. The summed E-state index contributed by atoms with van der Waals surface area (Å²) in [5, 5.41) is 8.54. The summed E-state index contributed by atoms with van der Waals surface area (Å²) in [4.78, 5) is 12.0. The lowest BCUT2D eigenvalue weighted by Gasteiger charge is -2.12. The van der Waals surface area contributed by atoms with Gasteiger partial charge < -0.3 is 10.1 Å². The van der Waals surface area contributed by atoms with Crippen molar-refractivity contribution in [1.29, 1.82) is 0 Å². The highest BCUT2D eigenvalue weighted by Crippen LogP contribution is 2.22. The number of primary sulfonamides is 1. The lowest BCUT2D eigenvalue weighted by Crippen LogP contribution is -2.29. The molecule has 0 heterocycles. The molecule has 0 saturated carbocycles. The van der Waals surface area contributed by atoms with Gasteiger partial charge >= 0.3 is 0 Å². The summed E-state index contributed by atoms with van der Waals surface area (Å²) in [6.07, 6.45) is 0.863. The van der Waals surface area contributed by atoms with Gasteiger partial charge in [-0.05, 0) is 47.9 Å². The molecule has 3 N–H and O–H groups in total. The largest absolute Gasteiger partial charge is 0.491 e. The zero-order valence-corrected chi connectivity index (χ0v) is 15.9. The van der Waals surface area contributed by atoms with Crippen molar-refractivity contribution in [1.82, 2.24) is 5.32 Å². The van der Waals surface area contributed by atoms with Crippen molar-refractivity contribution in [3.8, 4) is 5.75 Å². The van der Waals surface area contributed by atoms with E-state index in [1.54, 1.807) is 30.3 Å². The lowest BCUT2D eigenvalue weighted by atomic mass is 10.1. The smallest absolute Gasteiger partial charge is 0.238 e. The van der Waals surface area contributed by atoms with E-state index >= 15 is 0 Å². The summed E-state index contributed by atoms with van der Waals surface area (Å²) in [6.45, 7) is 2.50. The zero-order chi connectivity index (χ0) is 19.2. The normalized spacial score (nSPS) is 11.2. The second-order valence-electron chi connectivity index (χ2n) is 5.67. The first-order chi connectivity index (χ1) is 12.3. The third kappa shape index (κ3) is 6.01. The first-order valence-electron chi connectivity index (χ1n) is 8.09. The molecule has 8 heteroatoms. The van der Waals surface area contributed by atoms with Crippen molar-refractivity contribution in [2.45, 2.75) is 24.7 Å². The maximum absolute atomic E-state index is 11.9. The molecule has 140 valence electrons. The Bertz CT molecular complexity index is 867. The maximum Gasteiger partial charge on any atom is 0.238 e. The Morgan fingerprint density at radius 1 is 1.19 bits per heavy atom. The number of hydrogen-bond acceptors (Lipinski definition) is 4. The minimum Gasteiger partial charge on any atom is -0.491 e. The molecule has 0 bridgehead atoms. The molecule has 2 rings (SSSR count). The van der Waals surface area contributed by atoms with Crippen molar-refractivity contribution in [3.63, 3.8) is 0 Å². The molecule has 0 unspecified atom stereocenters. The van der Waals surface area contributed by atoms with E-state index in [-0.39, 0.29) is 23.8 Å². The van der Waals surface area contributed by atoms with Crippen LogP contribution in [-0.4, -0.2) is 27.5 Å². The molecule has 2 aromatic carbocycles. The Morgan fingerprint density at radius 3 is 2.50 bits per heavy atom. The van der Waals surface area contributed by atoms with Gasteiger partial charge in [-0.25, -0.2) is 13.6 Å². The van der Waals surface area contributed by atoms with Gasteiger partial charge in [-0.2, -0.15) is 0 Å². The Kier molecular flexibility index (Phi) is 7.02. The van der Waals surface area contributed by atoms with E-state index in [1.165, 1.54) is 12.1 Å². The average molecular weight is 397 g/mol. The van der Waals surface area contributed by atoms with Crippen LogP contribution in [0.2, 0.25) is 5.02 Å². The SMILES string of the molecule is CCc1cc(S(N)(=O)=O)ccc1OCCNC(=O)Cc1ccc(Cl)cc1. The van der Waals surface area contributed by atoms with Crippen LogP contribution in [0.3, 0.4) is 0 Å². The quantitative estimate of drug-likeness (QED) is 0.669. The zero-order valence-electron chi connectivity index (χ0n) is 14.4. The van der Waals surface area contributed by atoms with Crippen molar-refractivity contribution in [2.75, 3.05) is 13.2 Å². The molecule has 0 fully saturated rings. The number of halogens is 1. The minimum atomic E-state index is -3.74. The highest BCUT2D eigenvalue weighted by molar-refractivity contribution is 7.89. The highest BCUT2D eigenvalue weighted by Gasteiger charge is 2.11. The van der Waals surface area contributed by atoms with E-state index < -0.39 is 10.0 Å². The number of hydrogen-bond donors (Lipinski definition) is 2. The van der Waals surface area contributed by atoms with E-state index in [4.69, 9.17) is 21.5 Å². The van der Waals surface area contributed by atoms with E-state index in [0.717, 1.165) is 11.1 Å². The van der Waals surface area contributed by atoms with Crippen LogP contribution in [0.5, 0.6) is 5.75 Å².